The molecular weight excluding hydrogens is 210 g/mol. The standard InChI is InChI=1S/C11H13NO4/c1-6(2)11(15)16-7-3-4-8(10(13)14)9(12)5-7/h3-6H,12H2,1-2H3,(H,13,14). The Morgan fingerprint density at radius 1 is 1.38 bits per heavy atom. The molecule has 1 rings (SSSR count). The SMILES string of the molecule is CC(C)C(=O)Oc1ccc(C(=O)O)c(N)c1. The molecule has 0 bridgehead atoms. The fourth-order valence-corrected chi connectivity index (χ4v) is 1.03. The van der Waals surface area contributed by atoms with Crippen LogP contribution in [0.25, 0.3) is 0 Å². The quantitative estimate of drug-likeness (QED) is 0.460. The molecule has 3 N–H and O–H groups in total. The van der Waals surface area contributed by atoms with Crippen molar-refractivity contribution in [1.82, 2.24) is 0 Å². The van der Waals surface area contributed by atoms with Crippen molar-refractivity contribution in [1.29, 1.82) is 0 Å². The van der Waals surface area contributed by atoms with Gasteiger partial charge in [0.25, 0.3) is 0 Å². The van der Waals surface area contributed by atoms with Crippen LogP contribution < -0.4 is 10.5 Å². The lowest BCUT2D eigenvalue weighted by molar-refractivity contribution is -0.137. The number of hydrogen-bond donors (Lipinski definition) is 2. The number of esters is 1. The van der Waals surface area contributed by atoms with Crippen LogP contribution in [0.2, 0.25) is 0 Å². The number of anilines is 1. The zero-order chi connectivity index (χ0) is 12.3. The molecule has 0 saturated carbocycles. The number of benzene rings is 1. The normalized spacial score (nSPS) is 10.2. The third-order valence-corrected chi connectivity index (χ3v) is 1.94. The molecule has 0 aliphatic heterocycles. The van der Waals surface area contributed by atoms with Crippen molar-refractivity contribution < 1.29 is 19.4 Å². The van der Waals surface area contributed by atoms with Crippen molar-refractivity contribution >= 4 is 17.6 Å². The lowest BCUT2D eigenvalue weighted by Crippen LogP contribution is -2.15. The summed E-state index contributed by atoms with van der Waals surface area (Å²) >= 11 is 0. The van der Waals surface area contributed by atoms with Crippen molar-refractivity contribution in [3.8, 4) is 5.75 Å². The highest BCUT2D eigenvalue weighted by molar-refractivity contribution is 5.94. The Bertz CT molecular complexity index is 426. The number of carboxylic acid groups (broad SMARTS) is 1. The number of rotatable bonds is 3. The third kappa shape index (κ3) is 2.73. The third-order valence-electron chi connectivity index (χ3n) is 1.94. The van der Waals surface area contributed by atoms with Crippen LogP contribution in [0.4, 0.5) is 5.69 Å². The number of carboxylic acids is 1. The van der Waals surface area contributed by atoms with Gasteiger partial charge in [-0.2, -0.15) is 0 Å². The number of aromatic carboxylic acids is 1. The zero-order valence-corrected chi connectivity index (χ0v) is 9.06. The second-order valence-corrected chi connectivity index (χ2v) is 3.63. The van der Waals surface area contributed by atoms with Crippen LogP contribution in [0.1, 0.15) is 24.2 Å². The van der Waals surface area contributed by atoms with E-state index < -0.39 is 5.97 Å². The van der Waals surface area contributed by atoms with E-state index in [9.17, 15) is 9.59 Å². The number of hydrogen-bond acceptors (Lipinski definition) is 4. The predicted octanol–water partition coefficient (Wildman–Crippen LogP) is 1.53. The van der Waals surface area contributed by atoms with Gasteiger partial charge in [0.2, 0.25) is 0 Å². The Hall–Kier alpha value is -2.04. The molecule has 16 heavy (non-hydrogen) atoms. The highest BCUT2D eigenvalue weighted by Gasteiger charge is 2.12. The summed E-state index contributed by atoms with van der Waals surface area (Å²) in [5.74, 6) is -1.50. The molecule has 86 valence electrons. The molecule has 0 atom stereocenters. The van der Waals surface area contributed by atoms with Gasteiger partial charge in [0.15, 0.2) is 0 Å². The van der Waals surface area contributed by atoms with Crippen molar-refractivity contribution in [3.05, 3.63) is 23.8 Å². The summed E-state index contributed by atoms with van der Waals surface area (Å²) in [6.45, 7) is 3.41. The molecule has 0 fully saturated rings. The first-order valence-electron chi connectivity index (χ1n) is 4.76. The molecule has 1 aromatic rings. The Morgan fingerprint density at radius 3 is 2.44 bits per heavy atom. The Morgan fingerprint density at radius 2 is 2.00 bits per heavy atom. The number of carbonyl (C=O) groups is 2. The van der Waals surface area contributed by atoms with Gasteiger partial charge in [-0.3, -0.25) is 4.79 Å². The summed E-state index contributed by atoms with van der Waals surface area (Å²) in [6.07, 6.45) is 0. The number of ether oxygens (including phenoxy) is 1. The lowest BCUT2D eigenvalue weighted by atomic mass is 10.1. The number of nitrogen functional groups attached to an aromatic ring is 1. The van der Waals surface area contributed by atoms with E-state index in [4.69, 9.17) is 15.6 Å². The van der Waals surface area contributed by atoms with E-state index in [0.29, 0.717) is 0 Å². The summed E-state index contributed by atoms with van der Waals surface area (Å²) in [4.78, 5) is 21.9. The molecule has 0 unspecified atom stereocenters. The van der Waals surface area contributed by atoms with Gasteiger partial charge in [-0.05, 0) is 12.1 Å². The summed E-state index contributed by atoms with van der Waals surface area (Å²) in [5.41, 5.74) is 5.56. The molecule has 0 radical (unpaired) electrons. The fraction of sp³-hybridized carbons (Fsp3) is 0.273. The van der Waals surface area contributed by atoms with Gasteiger partial charge < -0.3 is 15.6 Å². The topological polar surface area (TPSA) is 89.6 Å². The van der Waals surface area contributed by atoms with Gasteiger partial charge in [0.1, 0.15) is 5.75 Å². The summed E-state index contributed by atoms with van der Waals surface area (Å²) in [6, 6.07) is 4.03. The van der Waals surface area contributed by atoms with Gasteiger partial charge in [0.05, 0.1) is 11.5 Å². The Labute approximate surface area is 92.8 Å². The summed E-state index contributed by atoms with van der Waals surface area (Å²) < 4.78 is 4.98. The van der Waals surface area contributed by atoms with Gasteiger partial charge in [0, 0.05) is 11.8 Å². The second-order valence-electron chi connectivity index (χ2n) is 3.63. The number of nitrogens with two attached hydrogens (primary N) is 1. The van der Waals surface area contributed by atoms with E-state index in [0.717, 1.165) is 0 Å². The minimum absolute atomic E-state index is 0.00986. The van der Waals surface area contributed by atoms with Crippen LogP contribution in [0.5, 0.6) is 5.75 Å². The molecule has 1 aromatic carbocycles. The maximum atomic E-state index is 11.3. The molecule has 0 aliphatic rings. The van der Waals surface area contributed by atoms with E-state index in [1.165, 1.54) is 18.2 Å². The van der Waals surface area contributed by atoms with E-state index in [1.807, 2.05) is 0 Å². The predicted molar refractivity (Wildman–Crippen MR) is 58.3 cm³/mol. The summed E-state index contributed by atoms with van der Waals surface area (Å²) in [5, 5.41) is 8.74. The molecule has 0 aliphatic carbocycles. The largest absolute Gasteiger partial charge is 0.478 e. The average molecular weight is 223 g/mol. The monoisotopic (exact) mass is 223 g/mol. The summed E-state index contributed by atoms with van der Waals surface area (Å²) in [7, 11) is 0. The van der Waals surface area contributed by atoms with Crippen LogP contribution in [0, 0.1) is 5.92 Å². The molecular formula is C11H13NO4. The first kappa shape index (κ1) is 12.0. The van der Waals surface area contributed by atoms with Crippen LogP contribution >= 0.6 is 0 Å². The number of carbonyl (C=O) groups excluding carboxylic acids is 1. The van der Waals surface area contributed by atoms with E-state index in [2.05, 4.69) is 0 Å². The van der Waals surface area contributed by atoms with Crippen molar-refractivity contribution in [2.45, 2.75) is 13.8 Å². The maximum Gasteiger partial charge on any atom is 0.337 e. The van der Waals surface area contributed by atoms with Gasteiger partial charge in [-0.25, -0.2) is 4.79 Å². The molecule has 0 amide bonds. The minimum Gasteiger partial charge on any atom is -0.478 e. The maximum absolute atomic E-state index is 11.3. The van der Waals surface area contributed by atoms with E-state index in [-0.39, 0.29) is 28.9 Å². The van der Waals surface area contributed by atoms with Crippen molar-refractivity contribution in [3.63, 3.8) is 0 Å². The van der Waals surface area contributed by atoms with Crippen LogP contribution in [-0.4, -0.2) is 17.0 Å². The van der Waals surface area contributed by atoms with Crippen molar-refractivity contribution in [2.75, 3.05) is 5.73 Å². The minimum atomic E-state index is -1.11. The molecule has 0 saturated heterocycles. The molecule has 5 nitrogen and oxygen atoms in total. The first-order chi connectivity index (χ1) is 7.41. The molecule has 5 heteroatoms. The average Bonchev–Trinajstić information content (AvgIpc) is 2.16. The highest BCUT2D eigenvalue weighted by atomic mass is 16.5. The van der Waals surface area contributed by atoms with E-state index >= 15 is 0 Å². The fourth-order valence-electron chi connectivity index (χ4n) is 1.03. The van der Waals surface area contributed by atoms with Crippen LogP contribution in [0.15, 0.2) is 18.2 Å². The van der Waals surface area contributed by atoms with Gasteiger partial charge in [-0.15, -0.1) is 0 Å². The van der Waals surface area contributed by atoms with Gasteiger partial charge >= 0.3 is 11.9 Å². The van der Waals surface area contributed by atoms with Crippen LogP contribution in [0.3, 0.4) is 0 Å². The first-order valence-corrected chi connectivity index (χ1v) is 4.76. The second kappa shape index (κ2) is 4.65. The smallest absolute Gasteiger partial charge is 0.337 e. The Kier molecular flexibility index (Phi) is 3.50. The molecule has 0 aromatic heterocycles. The molecule has 0 spiro atoms. The van der Waals surface area contributed by atoms with Crippen molar-refractivity contribution in [2.24, 2.45) is 5.92 Å². The molecule has 0 heterocycles. The Balaban J connectivity index is 2.90. The zero-order valence-electron chi connectivity index (χ0n) is 9.06. The van der Waals surface area contributed by atoms with Gasteiger partial charge in [-0.1, -0.05) is 13.8 Å². The lowest BCUT2D eigenvalue weighted by Gasteiger charge is -2.08. The van der Waals surface area contributed by atoms with Crippen LogP contribution in [-0.2, 0) is 4.79 Å². The highest BCUT2D eigenvalue weighted by Crippen LogP contribution is 2.20. The van der Waals surface area contributed by atoms with E-state index in [1.54, 1.807) is 13.8 Å².